The molecule has 1 N–H and O–H groups in total. The molecule has 1 atom stereocenters. The van der Waals surface area contributed by atoms with Crippen LogP contribution in [0.5, 0.6) is 0 Å². The molecule has 118 valence electrons. The summed E-state index contributed by atoms with van der Waals surface area (Å²) < 4.78 is 0. The lowest BCUT2D eigenvalue weighted by Gasteiger charge is -2.26. The number of hydrogen-bond acceptors (Lipinski definition) is 2. The first-order chi connectivity index (χ1) is 10.1. The number of nitrogens with zero attached hydrogens (tertiary/aromatic N) is 1. The van der Waals surface area contributed by atoms with Gasteiger partial charge in [-0.15, -0.1) is 0 Å². The van der Waals surface area contributed by atoms with Crippen LogP contribution in [0.2, 0.25) is 5.02 Å². The maximum atomic E-state index is 11.8. The highest BCUT2D eigenvalue weighted by molar-refractivity contribution is 6.30. The van der Waals surface area contributed by atoms with Gasteiger partial charge in [-0.2, -0.15) is 0 Å². The van der Waals surface area contributed by atoms with E-state index in [1.54, 1.807) is 0 Å². The van der Waals surface area contributed by atoms with Crippen LogP contribution in [-0.4, -0.2) is 36.5 Å². The van der Waals surface area contributed by atoms with Crippen LogP contribution in [0.1, 0.15) is 39.2 Å². The molecular formula is C17H27ClN2O. The summed E-state index contributed by atoms with van der Waals surface area (Å²) >= 11 is 5.85. The van der Waals surface area contributed by atoms with E-state index >= 15 is 0 Å². The first kappa shape index (κ1) is 18.0. The van der Waals surface area contributed by atoms with Crippen LogP contribution >= 0.6 is 11.6 Å². The van der Waals surface area contributed by atoms with Gasteiger partial charge in [0.2, 0.25) is 5.91 Å². The largest absolute Gasteiger partial charge is 0.355 e. The summed E-state index contributed by atoms with van der Waals surface area (Å²) in [5, 5.41) is 3.78. The van der Waals surface area contributed by atoms with Crippen molar-refractivity contribution in [1.82, 2.24) is 10.2 Å². The monoisotopic (exact) mass is 310 g/mol. The minimum atomic E-state index is 0.142. The molecule has 1 rings (SSSR count). The number of aryl methyl sites for hydroxylation is 1. The second-order valence-electron chi connectivity index (χ2n) is 5.35. The predicted molar refractivity (Wildman–Crippen MR) is 89.8 cm³/mol. The maximum absolute atomic E-state index is 11.8. The van der Waals surface area contributed by atoms with E-state index in [0.717, 1.165) is 37.5 Å². The maximum Gasteiger partial charge on any atom is 0.220 e. The minimum absolute atomic E-state index is 0.142. The van der Waals surface area contributed by atoms with E-state index in [9.17, 15) is 4.79 Å². The molecule has 0 spiro atoms. The topological polar surface area (TPSA) is 32.3 Å². The minimum Gasteiger partial charge on any atom is -0.355 e. The summed E-state index contributed by atoms with van der Waals surface area (Å²) in [5.41, 5.74) is 1.23. The molecule has 0 aliphatic heterocycles. The van der Waals surface area contributed by atoms with Gasteiger partial charge in [0, 0.05) is 24.0 Å². The number of carbonyl (C=O) groups is 1. The van der Waals surface area contributed by atoms with E-state index in [-0.39, 0.29) is 5.91 Å². The second kappa shape index (κ2) is 9.80. The Labute approximate surface area is 133 Å². The number of nitrogens with one attached hydrogen (secondary N) is 1. The number of amides is 1. The molecule has 0 fully saturated rings. The fraction of sp³-hybridized carbons (Fsp3) is 0.588. The molecule has 0 bridgehead atoms. The lowest BCUT2D eigenvalue weighted by atomic mass is 10.1. The third-order valence-corrected chi connectivity index (χ3v) is 4.06. The van der Waals surface area contributed by atoms with Gasteiger partial charge in [0.1, 0.15) is 0 Å². The van der Waals surface area contributed by atoms with Gasteiger partial charge in [-0.25, -0.2) is 0 Å². The van der Waals surface area contributed by atoms with E-state index in [1.165, 1.54) is 5.56 Å². The summed E-state index contributed by atoms with van der Waals surface area (Å²) in [4.78, 5) is 14.2. The van der Waals surface area contributed by atoms with E-state index < -0.39 is 0 Å². The van der Waals surface area contributed by atoms with Crippen LogP contribution in [0.4, 0.5) is 0 Å². The zero-order chi connectivity index (χ0) is 15.7. The number of rotatable bonds is 9. The molecule has 0 radical (unpaired) electrons. The highest BCUT2D eigenvalue weighted by Gasteiger charge is 2.11. The highest BCUT2D eigenvalue weighted by Crippen LogP contribution is 2.11. The molecule has 1 aromatic carbocycles. The highest BCUT2D eigenvalue weighted by atomic mass is 35.5. The zero-order valence-electron chi connectivity index (χ0n) is 13.4. The van der Waals surface area contributed by atoms with Gasteiger partial charge in [0.15, 0.2) is 0 Å². The predicted octanol–water partition coefficient (Wildman–Crippen LogP) is 3.51. The molecule has 0 saturated heterocycles. The molecule has 1 aromatic rings. The van der Waals surface area contributed by atoms with Crippen LogP contribution in [-0.2, 0) is 11.2 Å². The van der Waals surface area contributed by atoms with E-state index in [4.69, 9.17) is 11.6 Å². The molecule has 1 unspecified atom stereocenters. The summed E-state index contributed by atoms with van der Waals surface area (Å²) in [5.74, 6) is 0.142. The summed E-state index contributed by atoms with van der Waals surface area (Å²) in [6.45, 7) is 9.21. The van der Waals surface area contributed by atoms with Gasteiger partial charge in [-0.3, -0.25) is 9.69 Å². The Morgan fingerprint density at radius 2 is 1.86 bits per heavy atom. The Bertz CT molecular complexity index is 415. The SMILES string of the molecule is CCN(CC)C(C)CNC(=O)CCCc1ccc(Cl)cc1. The van der Waals surface area contributed by atoms with E-state index in [2.05, 4.69) is 31.0 Å². The van der Waals surface area contributed by atoms with Crippen LogP contribution < -0.4 is 5.32 Å². The summed E-state index contributed by atoms with van der Waals surface area (Å²) in [6, 6.07) is 8.21. The Balaban J connectivity index is 2.20. The average molecular weight is 311 g/mol. The van der Waals surface area contributed by atoms with Crippen molar-refractivity contribution in [2.24, 2.45) is 0 Å². The van der Waals surface area contributed by atoms with Crippen LogP contribution in [0, 0.1) is 0 Å². The number of carbonyl (C=O) groups excluding carboxylic acids is 1. The third-order valence-electron chi connectivity index (χ3n) is 3.81. The van der Waals surface area contributed by atoms with Crippen molar-refractivity contribution < 1.29 is 4.79 Å². The number of halogens is 1. The van der Waals surface area contributed by atoms with Crippen LogP contribution in [0.25, 0.3) is 0 Å². The van der Waals surface area contributed by atoms with Gasteiger partial charge in [-0.1, -0.05) is 37.6 Å². The standard InChI is InChI=1S/C17H27ClN2O/c1-4-20(5-2)14(3)13-19-17(21)8-6-7-15-9-11-16(18)12-10-15/h9-12,14H,4-8,13H2,1-3H3,(H,19,21). The van der Waals surface area contributed by atoms with Gasteiger partial charge in [0.05, 0.1) is 0 Å². The van der Waals surface area contributed by atoms with Crippen molar-refractivity contribution in [3.05, 3.63) is 34.9 Å². The van der Waals surface area contributed by atoms with Gasteiger partial charge in [-0.05, 0) is 50.6 Å². The average Bonchev–Trinajstić information content (AvgIpc) is 2.48. The Morgan fingerprint density at radius 1 is 1.24 bits per heavy atom. The third kappa shape index (κ3) is 6.96. The molecule has 1 amide bonds. The number of benzene rings is 1. The Morgan fingerprint density at radius 3 is 2.43 bits per heavy atom. The lowest BCUT2D eigenvalue weighted by Crippen LogP contribution is -2.41. The van der Waals surface area contributed by atoms with Gasteiger partial charge < -0.3 is 5.32 Å². The molecule has 21 heavy (non-hydrogen) atoms. The quantitative estimate of drug-likeness (QED) is 0.757. The summed E-state index contributed by atoms with van der Waals surface area (Å²) in [7, 11) is 0. The molecule has 0 aromatic heterocycles. The number of hydrogen-bond donors (Lipinski definition) is 1. The van der Waals surface area contributed by atoms with Crippen molar-refractivity contribution in [3.63, 3.8) is 0 Å². The second-order valence-corrected chi connectivity index (χ2v) is 5.79. The molecule has 0 heterocycles. The molecule has 3 nitrogen and oxygen atoms in total. The van der Waals surface area contributed by atoms with Crippen LogP contribution in [0.3, 0.4) is 0 Å². The molecule has 4 heteroatoms. The van der Waals surface area contributed by atoms with E-state index in [1.807, 2.05) is 24.3 Å². The van der Waals surface area contributed by atoms with Gasteiger partial charge >= 0.3 is 0 Å². The number of likely N-dealkylation sites (N-methyl/N-ethyl adjacent to an activating group) is 1. The fourth-order valence-electron chi connectivity index (χ4n) is 2.43. The van der Waals surface area contributed by atoms with Crippen molar-refractivity contribution in [3.8, 4) is 0 Å². The first-order valence-electron chi connectivity index (χ1n) is 7.82. The van der Waals surface area contributed by atoms with Crippen molar-refractivity contribution in [2.45, 2.75) is 46.1 Å². The molecule has 0 aliphatic carbocycles. The van der Waals surface area contributed by atoms with Crippen LogP contribution in [0.15, 0.2) is 24.3 Å². The van der Waals surface area contributed by atoms with Gasteiger partial charge in [0.25, 0.3) is 0 Å². The molecule has 0 saturated carbocycles. The fourth-order valence-corrected chi connectivity index (χ4v) is 2.56. The zero-order valence-corrected chi connectivity index (χ0v) is 14.1. The normalized spacial score (nSPS) is 12.4. The smallest absolute Gasteiger partial charge is 0.220 e. The first-order valence-corrected chi connectivity index (χ1v) is 8.19. The van der Waals surface area contributed by atoms with Crippen molar-refractivity contribution in [1.29, 1.82) is 0 Å². The summed E-state index contributed by atoms with van der Waals surface area (Å²) in [6.07, 6.45) is 2.36. The molecular weight excluding hydrogens is 284 g/mol. The Kier molecular flexibility index (Phi) is 8.40. The van der Waals surface area contributed by atoms with Crippen molar-refractivity contribution in [2.75, 3.05) is 19.6 Å². The lowest BCUT2D eigenvalue weighted by molar-refractivity contribution is -0.121. The van der Waals surface area contributed by atoms with E-state index in [0.29, 0.717) is 12.5 Å². The molecule has 0 aliphatic rings. The Hall–Kier alpha value is -1.06. The van der Waals surface area contributed by atoms with Crippen molar-refractivity contribution >= 4 is 17.5 Å².